The van der Waals surface area contributed by atoms with Gasteiger partial charge in [0, 0.05) is 13.3 Å². The summed E-state index contributed by atoms with van der Waals surface area (Å²) < 4.78 is 4.97. The molecule has 0 amide bonds. The highest BCUT2D eigenvalue weighted by Crippen LogP contribution is 2.06. The van der Waals surface area contributed by atoms with Crippen LogP contribution in [0.2, 0.25) is 0 Å². The van der Waals surface area contributed by atoms with Crippen LogP contribution < -0.4 is 0 Å². The van der Waals surface area contributed by atoms with Crippen LogP contribution in [-0.4, -0.2) is 5.97 Å². The first-order chi connectivity index (χ1) is 6.10. The van der Waals surface area contributed by atoms with Gasteiger partial charge in [-0.1, -0.05) is 25.5 Å². The summed E-state index contributed by atoms with van der Waals surface area (Å²) in [4.78, 5) is 10.6. The maximum atomic E-state index is 10.6. The lowest BCUT2D eigenvalue weighted by atomic mass is 10.2. The molecule has 0 spiro atoms. The molecule has 0 aromatic carbocycles. The molecular formula is C11H18O2. The standard InChI is InChI=1S/C11H18O2/c1-5-9(3)7-8-11(6-2)13-10(4)12/h7-8H,5-6H2,1-4H3/b9-7-,11-8+. The third-order valence-electron chi connectivity index (χ3n) is 1.73. The number of hydrogen-bond acceptors (Lipinski definition) is 2. The van der Waals surface area contributed by atoms with Gasteiger partial charge in [0.2, 0.25) is 0 Å². The van der Waals surface area contributed by atoms with Crippen molar-refractivity contribution in [2.45, 2.75) is 40.5 Å². The molecule has 2 nitrogen and oxygen atoms in total. The summed E-state index contributed by atoms with van der Waals surface area (Å²) in [6.45, 7) is 7.53. The largest absolute Gasteiger partial charge is 0.431 e. The van der Waals surface area contributed by atoms with E-state index in [-0.39, 0.29) is 5.97 Å². The molecule has 0 saturated heterocycles. The minimum absolute atomic E-state index is 0.254. The summed E-state index contributed by atoms with van der Waals surface area (Å²) in [5.41, 5.74) is 1.28. The second-order valence-electron chi connectivity index (χ2n) is 2.95. The molecule has 2 heteroatoms. The fourth-order valence-corrected chi connectivity index (χ4v) is 0.762. The zero-order chi connectivity index (χ0) is 10.3. The van der Waals surface area contributed by atoms with Crippen LogP contribution in [0.5, 0.6) is 0 Å². The molecule has 0 aliphatic rings. The summed E-state index contributed by atoms with van der Waals surface area (Å²) in [5.74, 6) is 0.468. The Bertz CT molecular complexity index is 224. The van der Waals surface area contributed by atoms with Crippen molar-refractivity contribution >= 4 is 5.97 Å². The molecule has 0 aromatic heterocycles. The number of esters is 1. The molecule has 0 unspecified atom stereocenters. The normalized spacial score (nSPS) is 12.9. The van der Waals surface area contributed by atoms with Crippen molar-refractivity contribution < 1.29 is 9.53 Å². The van der Waals surface area contributed by atoms with Crippen LogP contribution in [-0.2, 0) is 9.53 Å². The molecule has 0 saturated carbocycles. The Balaban J connectivity index is 4.30. The highest BCUT2D eigenvalue weighted by Gasteiger charge is 1.97. The number of carbonyl (C=O) groups is 1. The Hall–Kier alpha value is -1.05. The second kappa shape index (κ2) is 6.46. The first kappa shape index (κ1) is 11.9. The SMILES string of the molecule is CC/C(C)=C\C=C(/CC)OC(C)=O. The average molecular weight is 182 g/mol. The molecule has 0 aromatic rings. The number of allylic oxidation sites excluding steroid dienone is 4. The van der Waals surface area contributed by atoms with E-state index in [0.717, 1.165) is 18.6 Å². The van der Waals surface area contributed by atoms with Crippen LogP contribution in [0.1, 0.15) is 40.5 Å². The van der Waals surface area contributed by atoms with E-state index in [1.54, 1.807) is 0 Å². The van der Waals surface area contributed by atoms with Gasteiger partial charge in [0.25, 0.3) is 0 Å². The summed E-state index contributed by atoms with van der Waals surface area (Å²) in [7, 11) is 0. The van der Waals surface area contributed by atoms with Gasteiger partial charge in [0.1, 0.15) is 5.76 Å². The molecule has 0 rings (SSSR count). The average Bonchev–Trinajstić information content (AvgIpc) is 2.10. The summed E-state index contributed by atoms with van der Waals surface area (Å²) in [6, 6.07) is 0. The van der Waals surface area contributed by atoms with Gasteiger partial charge in [-0.15, -0.1) is 0 Å². The van der Waals surface area contributed by atoms with E-state index in [2.05, 4.69) is 13.8 Å². The first-order valence-corrected chi connectivity index (χ1v) is 4.64. The van der Waals surface area contributed by atoms with Crippen molar-refractivity contribution in [1.82, 2.24) is 0 Å². The van der Waals surface area contributed by atoms with Crippen molar-refractivity contribution in [1.29, 1.82) is 0 Å². The predicted octanol–water partition coefficient (Wildman–Crippen LogP) is 3.20. The van der Waals surface area contributed by atoms with Gasteiger partial charge in [-0.05, 0) is 19.4 Å². The van der Waals surface area contributed by atoms with Gasteiger partial charge in [-0.3, -0.25) is 4.79 Å². The van der Waals surface area contributed by atoms with Crippen molar-refractivity contribution in [3.63, 3.8) is 0 Å². The molecule has 0 radical (unpaired) electrons. The summed E-state index contributed by atoms with van der Waals surface area (Å²) >= 11 is 0. The van der Waals surface area contributed by atoms with Gasteiger partial charge in [-0.2, -0.15) is 0 Å². The quantitative estimate of drug-likeness (QED) is 0.379. The topological polar surface area (TPSA) is 26.3 Å². The van der Waals surface area contributed by atoms with Crippen LogP contribution in [0.15, 0.2) is 23.5 Å². The number of carbonyl (C=O) groups excluding carboxylic acids is 1. The monoisotopic (exact) mass is 182 g/mol. The van der Waals surface area contributed by atoms with E-state index >= 15 is 0 Å². The zero-order valence-electron chi connectivity index (χ0n) is 8.89. The third-order valence-corrected chi connectivity index (χ3v) is 1.73. The third kappa shape index (κ3) is 6.14. The molecule has 0 atom stereocenters. The molecule has 0 aliphatic heterocycles. The Kier molecular flexibility index (Phi) is 5.94. The second-order valence-corrected chi connectivity index (χ2v) is 2.95. The first-order valence-electron chi connectivity index (χ1n) is 4.64. The Morgan fingerprint density at radius 3 is 2.15 bits per heavy atom. The lowest BCUT2D eigenvalue weighted by Crippen LogP contribution is -1.97. The van der Waals surface area contributed by atoms with Gasteiger partial charge in [0.05, 0.1) is 0 Å². The van der Waals surface area contributed by atoms with Gasteiger partial charge in [0.15, 0.2) is 0 Å². The predicted molar refractivity (Wildman–Crippen MR) is 54.2 cm³/mol. The molecular weight excluding hydrogens is 164 g/mol. The smallest absolute Gasteiger partial charge is 0.307 e. The Labute approximate surface area is 80.3 Å². The highest BCUT2D eigenvalue weighted by atomic mass is 16.5. The van der Waals surface area contributed by atoms with Crippen molar-refractivity contribution in [3.8, 4) is 0 Å². The molecule has 0 heterocycles. The fraction of sp³-hybridized carbons (Fsp3) is 0.545. The molecule has 0 N–H and O–H groups in total. The van der Waals surface area contributed by atoms with Crippen molar-refractivity contribution in [2.24, 2.45) is 0 Å². The molecule has 13 heavy (non-hydrogen) atoms. The summed E-state index contributed by atoms with van der Waals surface area (Å²) in [5, 5.41) is 0. The van der Waals surface area contributed by atoms with Gasteiger partial charge < -0.3 is 4.74 Å². The van der Waals surface area contributed by atoms with Crippen molar-refractivity contribution in [3.05, 3.63) is 23.5 Å². The Morgan fingerprint density at radius 1 is 1.15 bits per heavy atom. The maximum absolute atomic E-state index is 10.6. The maximum Gasteiger partial charge on any atom is 0.307 e. The van der Waals surface area contributed by atoms with Crippen LogP contribution >= 0.6 is 0 Å². The van der Waals surface area contributed by atoms with Crippen LogP contribution in [0, 0.1) is 0 Å². The van der Waals surface area contributed by atoms with Gasteiger partial charge in [-0.25, -0.2) is 0 Å². The zero-order valence-corrected chi connectivity index (χ0v) is 8.89. The lowest BCUT2D eigenvalue weighted by molar-refractivity contribution is -0.137. The van der Waals surface area contributed by atoms with Crippen LogP contribution in [0.4, 0.5) is 0 Å². The van der Waals surface area contributed by atoms with Crippen LogP contribution in [0.25, 0.3) is 0 Å². The molecule has 0 bridgehead atoms. The number of ether oxygens (including phenoxy) is 1. The molecule has 0 fully saturated rings. The van der Waals surface area contributed by atoms with E-state index in [4.69, 9.17) is 4.74 Å². The molecule has 74 valence electrons. The summed E-state index contributed by atoms with van der Waals surface area (Å²) in [6.07, 6.45) is 5.61. The van der Waals surface area contributed by atoms with E-state index in [0.29, 0.717) is 0 Å². The lowest BCUT2D eigenvalue weighted by Gasteiger charge is -2.02. The van der Waals surface area contributed by atoms with E-state index in [1.807, 2.05) is 19.1 Å². The Morgan fingerprint density at radius 2 is 1.77 bits per heavy atom. The highest BCUT2D eigenvalue weighted by molar-refractivity contribution is 5.67. The minimum atomic E-state index is -0.254. The number of rotatable bonds is 4. The van der Waals surface area contributed by atoms with E-state index in [1.165, 1.54) is 12.5 Å². The van der Waals surface area contributed by atoms with Crippen LogP contribution in [0.3, 0.4) is 0 Å². The van der Waals surface area contributed by atoms with Crippen molar-refractivity contribution in [2.75, 3.05) is 0 Å². The van der Waals surface area contributed by atoms with E-state index in [9.17, 15) is 4.79 Å². The van der Waals surface area contributed by atoms with E-state index < -0.39 is 0 Å². The molecule has 0 aliphatic carbocycles. The van der Waals surface area contributed by atoms with Gasteiger partial charge >= 0.3 is 5.97 Å². The fourth-order valence-electron chi connectivity index (χ4n) is 0.762. The minimum Gasteiger partial charge on any atom is -0.431 e. The number of hydrogen-bond donors (Lipinski definition) is 0.